The summed E-state index contributed by atoms with van der Waals surface area (Å²) in [5, 5.41) is 16.8. The molecule has 0 bridgehead atoms. The average molecular weight is 257 g/mol. The summed E-state index contributed by atoms with van der Waals surface area (Å²) >= 11 is 7.30. The van der Waals surface area contributed by atoms with E-state index in [2.05, 4.69) is 5.10 Å². The highest BCUT2D eigenvalue weighted by Gasteiger charge is 2.13. The Labute approximate surface area is 103 Å². The van der Waals surface area contributed by atoms with Crippen LogP contribution in [0.3, 0.4) is 0 Å². The molecule has 0 aliphatic rings. The van der Waals surface area contributed by atoms with Crippen LogP contribution in [0.4, 0.5) is 0 Å². The third kappa shape index (κ3) is 2.45. The van der Waals surface area contributed by atoms with Crippen molar-refractivity contribution in [3.63, 3.8) is 0 Å². The summed E-state index contributed by atoms with van der Waals surface area (Å²) in [5.74, 6) is 0. The number of aryl methyl sites for hydroxylation is 2. The van der Waals surface area contributed by atoms with Gasteiger partial charge >= 0.3 is 0 Å². The standard InChI is InChI=1S/C11H13ClN2OS/c1-7-3-9(14(2)13-7)5-10(15)11-4-8(12)6-16-11/h3-4,6,10,15H,5H2,1-2H3. The molecule has 2 heterocycles. The number of rotatable bonds is 3. The second-order valence-electron chi connectivity index (χ2n) is 3.79. The summed E-state index contributed by atoms with van der Waals surface area (Å²) in [4.78, 5) is 0.892. The van der Waals surface area contributed by atoms with E-state index in [-0.39, 0.29) is 0 Å². The number of aliphatic hydroxyl groups is 1. The fourth-order valence-electron chi connectivity index (χ4n) is 1.66. The zero-order valence-electron chi connectivity index (χ0n) is 9.14. The van der Waals surface area contributed by atoms with E-state index < -0.39 is 6.10 Å². The van der Waals surface area contributed by atoms with Crippen molar-refractivity contribution in [2.45, 2.75) is 19.4 Å². The molecule has 1 unspecified atom stereocenters. The van der Waals surface area contributed by atoms with Crippen molar-refractivity contribution >= 4 is 22.9 Å². The second kappa shape index (κ2) is 4.57. The summed E-state index contributed by atoms with van der Waals surface area (Å²) < 4.78 is 1.80. The summed E-state index contributed by atoms with van der Waals surface area (Å²) in [6, 6.07) is 3.79. The van der Waals surface area contributed by atoms with Crippen molar-refractivity contribution in [1.29, 1.82) is 0 Å². The topological polar surface area (TPSA) is 38.0 Å². The average Bonchev–Trinajstić information content (AvgIpc) is 2.74. The Morgan fingerprint density at radius 3 is 2.81 bits per heavy atom. The highest BCUT2D eigenvalue weighted by Crippen LogP contribution is 2.27. The Morgan fingerprint density at radius 1 is 1.56 bits per heavy atom. The van der Waals surface area contributed by atoms with Gasteiger partial charge in [0.25, 0.3) is 0 Å². The van der Waals surface area contributed by atoms with E-state index in [4.69, 9.17) is 11.6 Å². The first-order valence-corrected chi connectivity index (χ1v) is 6.23. The first-order valence-electron chi connectivity index (χ1n) is 4.98. The Balaban J connectivity index is 2.13. The Morgan fingerprint density at radius 2 is 2.31 bits per heavy atom. The van der Waals surface area contributed by atoms with Crippen molar-refractivity contribution in [2.75, 3.05) is 0 Å². The van der Waals surface area contributed by atoms with Crippen molar-refractivity contribution in [1.82, 2.24) is 9.78 Å². The number of halogens is 1. The van der Waals surface area contributed by atoms with Crippen LogP contribution in [0.25, 0.3) is 0 Å². The van der Waals surface area contributed by atoms with Crippen LogP contribution in [0, 0.1) is 6.92 Å². The lowest BCUT2D eigenvalue weighted by molar-refractivity contribution is 0.179. The predicted octanol–water partition coefficient (Wildman–Crippen LogP) is 2.72. The molecule has 0 amide bonds. The van der Waals surface area contributed by atoms with Crippen LogP contribution in [0.5, 0.6) is 0 Å². The Bertz CT molecular complexity index is 492. The van der Waals surface area contributed by atoms with Crippen LogP contribution in [-0.2, 0) is 13.5 Å². The summed E-state index contributed by atoms with van der Waals surface area (Å²) in [6.07, 6.45) is 0.0565. The number of nitrogens with zero attached hydrogens (tertiary/aromatic N) is 2. The van der Waals surface area contributed by atoms with Gasteiger partial charge < -0.3 is 5.11 Å². The monoisotopic (exact) mass is 256 g/mol. The maximum Gasteiger partial charge on any atom is 0.0937 e. The highest BCUT2D eigenvalue weighted by atomic mass is 35.5. The SMILES string of the molecule is Cc1cc(CC(O)c2cc(Cl)cs2)n(C)n1. The van der Waals surface area contributed by atoms with E-state index in [9.17, 15) is 5.11 Å². The minimum Gasteiger partial charge on any atom is -0.387 e. The van der Waals surface area contributed by atoms with Gasteiger partial charge in [-0.2, -0.15) is 5.10 Å². The molecule has 0 saturated carbocycles. The number of aromatic nitrogens is 2. The van der Waals surface area contributed by atoms with Gasteiger partial charge in [-0.3, -0.25) is 4.68 Å². The molecule has 2 aromatic rings. The number of hydrogen-bond donors (Lipinski definition) is 1. The zero-order chi connectivity index (χ0) is 11.7. The van der Waals surface area contributed by atoms with Gasteiger partial charge in [0.15, 0.2) is 0 Å². The second-order valence-corrected chi connectivity index (χ2v) is 5.17. The van der Waals surface area contributed by atoms with E-state index in [0.717, 1.165) is 16.3 Å². The smallest absolute Gasteiger partial charge is 0.0937 e. The first-order chi connectivity index (χ1) is 7.56. The first kappa shape index (κ1) is 11.6. The minimum absolute atomic E-state index is 0.507. The molecule has 0 saturated heterocycles. The van der Waals surface area contributed by atoms with Gasteiger partial charge in [-0.1, -0.05) is 11.6 Å². The molecular formula is C11H13ClN2OS. The zero-order valence-corrected chi connectivity index (χ0v) is 10.7. The van der Waals surface area contributed by atoms with Gasteiger partial charge in [0.1, 0.15) is 0 Å². The summed E-state index contributed by atoms with van der Waals surface area (Å²) in [6.45, 7) is 1.94. The normalized spacial score (nSPS) is 13.0. The minimum atomic E-state index is -0.507. The molecule has 0 aliphatic carbocycles. The maximum atomic E-state index is 10.0. The lowest BCUT2D eigenvalue weighted by atomic mass is 10.1. The van der Waals surface area contributed by atoms with Crippen LogP contribution < -0.4 is 0 Å². The molecule has 16 heavy (non-hydrogen) atoms. The lowest BCUT2D eigenvalue weighted by Gasteiger charge is -2.08. The molecule has 0 aromatic carbocycles. The van der Waals surface area contributed by atoms with E-state index in [1.165, 1.54) is 11.3 Å². The van der Waals surface area contributed by atoms with Crippen molar-refractivity contribution in [3.05, 3.63) is 38.8 Å². The molecule has 0 radical (unpaired) electrons. The molecule has 0 fully saturated rings. The summed E-state index contributed by atoms with van der Waals surface area (Å²) in [5.41, 5.74) is 1.99. The lowest BCUT2D eigenvalue weighted by Crippen LogP contribution is -2.05. The van der Waals surface area contributed by atoms with E-state index in [0.29, 0.717) is 11.4 Å². The van der Waals surface area contributed by atoms with Crippen LogP contribution in [0.2, 0.25) is 5.02 Å². The van der Waals surface area contributed by atoms with Crippen LogP contribution in [0.1, 0.15) is 22.4 Å². The Hall–Kier alpha value is -0.840. The number of thiophene rings is 1. The molecule has 5 heteroatoms. The van der Waals surface area contributed by atoms with Gasteiger partial charge in [-0.25, -0.2) is 0 Å². The Kier molecular flexibility index (Phi) is 3.33. The molecule has 1 N–H and O–H groups in total. The third-order valence-corrected chi connectivity index (χ3v) is 3.80. The van der Waals surface area contributed by atoms with Crippen molar-refractivity contribution < 1.29 is 5.11 Å². The van der Waals surface area contributed by atoms with E-state index >= 15 is 0 Å². The van der Waals surface area contributed by atoms with Crippen LogP contribution in [0.15, 0.2) is 17.5 Å². The van der Waals surface area contributed by atoms with Crippen LogP contribution >= 0.6 is 22.9 Å². The molecular weight excluding hydrogens is 244 g/mol. The number of hydrogen-bond acceptors (Lipinski definition) is 3. The van der Waals surface area contributed by atoms with Crippen LogP contribution in [-0.4, -0.2) is 14.9 Å². The van der Waals surface area contributed by atoms with Gasteiger partial charge in [-0.15, -0.1) is 11.3 Å². The van der Waals surface area contributed by atoms with Gasteiger partial charge in [0, 0.05) is 29.4 Å². The van der Waals surface area contributed by atoms with Gasteiger partial charge in [0.2, 0.25) is 0 Å². The van der Waals surface area contributed by atoms with Crippen molar-refractivity contribution in [2.24, 2.45) is 7.05 Å². The molecule has 0 spiro atoms. The summed E-state index contributed by atoms with van der Waals surface area (Å²) in [7, 11) is 1.89. The van der Waals surface area contributed by atoms with E-state index in [1.54, 1.807) is 10.7 Å². The van der Waals surface area contributed by atoms with E-state index in [1.807, 2.05) is 25.4 Å². The molecule has 2 rings (SSSR count). The van der Waals surface area contributed by atoms with Gasteiger partial charge in [0.05, 0.1) is 16.8 Å². The fraction of sp³-hybridized carbons (Fsp3) is 0.364. The van der Waals surface area contributed by atoms with Crippen molar-refractivity contribution in [3.8, 4) is 0 Å². The highest BCUT2D eigenvalue weighted by molar-refractivity contribution is 7.10. The predicted molar refractivity (Wildman–Crippen MR) is 65.9 cm³/mol. The number of aliphatic hydroxyl groups excluding tert-OH is 1. The molecule has 86 valence electrons. The maximum absolute atomic E-state index is 10.0. The third-order valence-electron chi connectivity index (χ3n) is 2.42. The fourth-order valence-corrected chi connectivity index (χ4v) is 2.72. The molecule has 2 aromatic heterocycles. The van der Waals surface area contributed by atoms with Gasteiger partial charge in [-0.05, 0) is 19.1 Å². The largest absolute Gasteiger partial charge is 0.387 e. The molecule has 1 atom stereocenters. The quantitative estimate of drug-likeness (QED) is 0.917. The molecule has 0 aliphatic heterocycles. The molecule has 3 nitrogen and oxygen atoms in total.